The third kappa shape index (κ3) is 4.89. The summed E-state index contributed by atoms with van der Waals surface area (Å²) in [7, 11) is -4.01. The van der Waals surface area contributed by atoms with Crippen LogP contribution in [0.1, 0.15) is 70.3 Å². The Balaban J connectivity index is 2.15. The smallest absolute Gasteiger partial charge is 0.416 e. The second kappa shape index (κ2) is 8.33. The Labute approximate surface area is 175 Å². The van der Waals surface area contributed by atoms with Gasteiger partial charge in [-0.05, 0) is 44.9 Å². The molecule has 0 radical (unpaired) electrons. The minimum Gasteiger partial charge on any atom is -0.461 e. The average molecular weight is 460 g/mol. The number of carbonyl (C=O) groups excluding carboxylic acids is 2. The van der Waals surface area contributed by atoms with Crippen LogP contribution in [-0.2, 0) is 20.9 Å². The van der Waals surface area contributed by atoms with Gasteiger partial charge in [0.2, 0.25) is 21.5 Å². The highest BCUT2D eigenvalue weighted by molar-refractivity contribution is 7.92. The van der Waals surface area contributed by atoms with Gasteiger partial charge < -0.3 is 9.26 Å². The largest absolute Gasteiger partial charge is 0.461 e. The number of ether oxygens (including phenoxy) is 1. The predicted octanol–water partition coefficient (Wildman–Crippen LogP) is 3.74. The van der Waals surface area contributed by atoms with E-state index in [-0.39, 0.29) is 29.4 Å². The first-order valence-electron chi connectivity index (χ1n) is 9.41. The highest BCUT2D eigenvalue weighted by Crippen LogP contribution is 2.43. The van der Waals surface area contributed by atoms with Gasteiger partial charge in [0.25, 0.3) is 0 Å². The summed E-state index contributed by atoms with van der Waals surface area (Å²) in [6.07, 6.45) is -3.40. The van der Waals surface area contributed by atoms with Crippen molar-refractivity contribution in [3.63, 3.8) is 0 Å². The molecule has 0 spiro atoms. The molecular formula is C19H19F3N2O6S. The van der Waals surface area contributed by atoms with Crippen molar-refractivity contribution in [3.05, 3.63) is 46.3 Å². The Morgan fingerprint density at radius 3 is 2.48 bits per heavy atom. The van der Waals surface area contributed by atoms with Crippen LogP contribution in [-0.4, -0.2) is 37.7 Å². The zero-order chi connectivity index (χ0) is 23.0. The highest BCUT2D eigenvalue weighted by atomic mass is 32.2. The standard InChI is InChI=1S/C19H19F3N2O6S/c1-3-29-18(26)15-14(17(30-23-15)10-5-6-10)16(25)12-8-7-11(19(20,21)22)9-13(12)24-31(27,28)4-2/h7-10,24H,3-6H2,1-2H3. The van der Waals surface area contributed by atoms with Gasteiger partial charge >= 0.3 is 12.1 Å². The van der Waals surface area contributed by atoms with Crippen LogP contribution in [0.3, 0.4) is 0 Å². The van der Waals surface area contributed by atoms with Crippen LogP contribution in [0.5, 0.6) is 0 Å². The summed E-state index contributed by atoms with van der Waals surface area (Å²) >= 11 is 0. The van der Waals surface area contributed by atoms with Crippen molar-refractivity contribution in [3.8, 4) is 0 Å². The molecule has 0 saturated heterocycles. The van der Waals surface area contributed by atoms with Crippen molar-refractivity contribution < 1.29 is 40.4 Å². The fourth-order valence-electron chi connectivity index (χ4n) is 2.86. The summed E-state index contributed by atoms with van der Waals surface area (Å²) in [5, 5.41) is 3.63. The van der Waals surface area contributed by atoms with Crippen LogP contribution in [0.4, 0.5) is 18.9 Å². The number of hydrogen-bond acceptors (Lipinski definition) is 7. The number of anilines is 1. The van der Waals surface area contributed by atoms with Gasteiger partial charge in [-0.15, -0.1) is 0 Å². The molecule has 0 atom stereocenters. The maximum absolute atomic E-state index is 13.3. The zero-order valence-corrected chi connectivity index (χ0v) is 17.4. The molecule has 1 aromatic carbocycles. The number of alkyl halides is 3. The molecule has 0 unspecified atom stereocenters. The highest BCUT2D eigenvalue weighted by Gasteiger charge is 2.39. The SMILES string of the molecule is CCOC(=O)c1noc(C2CC2)c1C(=O)c1ccc(C(F)(F)F)cc1NS(=O)(=O)CC. The molecule has 0 aliphatic heterocycles. The van der Waals surface area contributed by atoms with Crippen LogP contribution in [0.15, 0.2) is 22.7 Å². The Kier molecular flexibility index (Phi) is 6.12. The van der Waals surface area contributed by atoms with Crippen LogP contribution in [0.25, 0.3) is 0 Å². The number of carbonyl (C=O) groups is 2. The van der Waals surface area contributed by atoms with E-state index in [1.807, 2.05) is 4.72 Å². The lowest BCUT2D eigenvalue weighted by atomic mass is 9.97. The summed E-state index contributed by atoms with van der Waals surface area (Å²) in [5.74, 6) is -2.29. The van der Waals surface area contributed by atoms with Crippen molar-refractivity contribution in [2.75, 3.05) is 17.1 Å². The summed E-state index contributed by atoms with van der Waals surface area (Å²) < 4.78 is 75.7. The second-order valence-corrected chi connectivity index (χ2v) is 8.87. The minimum absolute atomic E-state index is 0.0000848. The minimum atomic E-state index is -4.76. The summed E-state index contributed by atoms with van der Waals surface area (Å²) in [4.78, 5) is 25.6. The lowest BCUT2D eigenvalue weighted by molar-refractivity contribution is -0.137. The molecule has 3 rings (SSSR count). The summed E-state index contributed by atoms with van der Waals surface area (Å²) in [5.41, 5.74) is -2.72. The van der Waals surface area contributed by atoms with Crippen LogP contribution < -0.4 is 4.72 Å². The molecule has 1 saturated carbocycles. The molecule has 1 fully saturated rings. The van der Waals surface area contributed by atoms with Gasteiger partial charge in [0.1, 0.15) is 5.56 Å². The predicted molar refractivity (Wildman–Crippen MR) is 102 cm³/mol. The Hall–Kier alpha value is -2.89. The molecule has 168 valence electrons. The monoisotopic (exact) mass is 460 g/mol. The number of sulfonamides is 1. The van der Waals surface area contributed by atoms with E-state index < -0.39 is 50.6 Å². The molecular weight excluding hydrogens is 441 g/mol. The molecule has 1 aliphatic carbocycles. The van der Waals surface area contributed by atoms with E-state index in [4.69, 9.17) is 9.26 Å². The lowest BCUT2D eigenvalue weighted by Crippen LogP contribution is -2.20. The lowest BCUT2D eigenvalue weighted by Gasteiger charge is -2.15. The van der Waals surface area contributed by atoms with E-state index in [1.165, 1.54) is 6.92 Å². The molecule has 2 aromatic rings. The number of nitrogens with one attached hydrogen (secondary N) is 1. The number of hydrogen-bond donors (Lipinski definition) is 1. The van der Waals surface area contributed by atoms with Gasteiger partial charge in [-0.2, -0.15) is 13.2 Å². The first kappa shape index (κ1) is 22.8. The van der Waals surface area contributed by atoms with Crippen molar-refractivity contribution in [2.24, 2.45) is 0 Å². The fraction of sp³-hybridized carbons (Fsp3) is 0.421. The second-order valence-electron chi connectivity index (χ2n) is 6.86. The van der Waals surface area contributed by atoms with Crippen LogP contribution >= 0.6 is 0 Å². The number of halogens is 3. The van der Waals surface area contributed by atoms with Gasteiger partial charge in [0.05, 0.1) is 23.6 Å². The van der Waals surface area contributed by atoms with Crippen LogP contribution in [0, 0.1) is 0 Å². The van der Waals surface area contributed by atoms with E-state index in [0.717, 1.165) is 6.07 Å². The van der Waals surface area contributed by atoms with Crippen molar-refractivity contribution in [1.82, 2.24) is 5.16 Å². The van der Waals surface area contributed by atoms with E-state index in [0.29, 0.717) is 25.0 Å². The van der Waals surface area contributed by atoms with E-state index in [2.05, 4.69) is 5.16 Å². The van der Waals surface area contributed by atoms with Gasteiger partial charge in [-0.25, -0.2) is 13.2 Å². The zero-order valence-electron chi connectivity index (χ0n) is 16.6. The van der Waals surface area contributed by atoms with Crippen molar-refractivity contribution in [1.29, 1.82) is 0 Å². The number of ketones is 1. The normalized spacial score (nSPS) is 14.4. The molecule has 31 heavy (non-hydrogen) atoms. The molecule has 12 heteroatoms. The van der Waals surface area contributed by atoms with Gasteiger partial charge in [0, 0.05) is 11.5 Å². The van der Waals surface area contributed by atoms with E-state index in [1.54, 1.807) is 6.92 Å². The number of esters is 1. The summed E-state index contributed by atoms with van der Waals surface area (Å²) in [6.45, 7) is 2.84. The maximum atomic E-state index is 13.3. The molecule has 1 N–H and O–H groups in total. The average Bonchev–Trinajstić information content (AvgIpc) is 3.44. The molecule has 1 heterocycles. The van der Waals surface area contributed by atoms with Gasteiger partial charge in [0.15, 0.2) is 5.76 Å². The molecule has 8 nitrogen and oxygen atoms in total. The number of benzene rings is 1. The quantitative estimate of drug-likeness (QED) is 0.471. The third-order valence-electron chi connectivity index (χ3n) is 4.60. The van der Waals surface area contributed by atoms with E-state index >= 15 is 0 Å². The first-order valence-corrected chi connectivity index (χ1v) is 11.1. The maximum Gasteiger partial charge on any atom is 0.416 e. The molecule has 0 amide bonds. The summed E-state index contributed by atoms with van der Waals surface area (Å²) in [6, 6.07) is 2.05. The number of nitrogens with zero attached hydrogens (tertiary/aromatic N) is 1. The van der Waals surface area contributed by atoms with Crippen molar-refractivity contribution in [2.45, 2.75) is 38.8 Å². The van der Waals surface area contributed by atoms with Gasteiger partial charge in [-0.3, -0.25) is 9.52 Å². The Bertz CT molecular complexity index is 1120. The third-order valence-corrected chi connectivity index (χ3v) is 5.89. The Morgan fingerprint density at radius 1 is 1.26 bits per heavy atom. The molecule has 0 bridgehead atoms. The Morgan fingerprint density at radius 2 is 1.94 bits per heavy atom. The van der Waals surface area contributed by atoms with Crippen molar-refractivity contribution >= 4 is 27.5 Å². The number of aromatic nitrogens is 1. The topological polar surface area (TPSA) is 116 Å². The fourth-order valence-corrected chi connectivity index (χ4v) is 3.51. The van der Waals surface area contributed by atoms with Crippen LogP contribution in [0.2, 0.25) is 0 Å². The first-order chi connectivity index (χ1) is 14.5. The van der Waals surface area contributed by atoms with E-state index in [9.17, 15) is 31.2 Å². The number of rotatable bonds is 8. The molecule has 1 aliphatic rings. The van der Waals surface area contributed by atoms with Gasteiger partial charge in [-0.1, -0.05) is 5.16 Å². The molecule has 1 aromatic heterocycles.